The van der Waals surface area contributed by atoms with E-state index in [0.717, 1.165) is 36.6 Å². The Kier molecular flexibility index (Phi) is 7.74. The van der Waals surface area contributed by atoms with E-state index in [1.807, 2.05) is 30.1 Å². The molecule has 0 spiro atoms. The number of methoxy groups -OCH3 is 2. The third-order valence-corrected chi connectivity index (χ3v) is 3.35. The van der Waals surface area contributed by atoms with Gasteiger partial charge in [0.25, 0.3) is 0 Å². The summed E-state index contributed by atoms with van der Waals surface area (Å²) in [5, 5.41) is 2.93. The number of rotatable bonds is 9. The van der Waals surface area contributed by atoms with E-state index in [1.54, 1.807) is 14.2 Å². The van der Waals surface area contributed by atoms with Crippen LogP contribution < -0.4 is 14.8 Å². The fourth-order valence-corrected chi connectivity index (χ4v) is 2.05. The van der Waals surface area contributed by atoms with Crippen LogP contribution >= 0.6 is 0 Å². The fraction of sp³-hybridized carbons (Fsp3) is 0.588. The minimum absolute atomic E-state index is 0.0727. The predicted octanol–water partition coefficient (Wildman–Crippen LogP) is 1.95. The number of carbonyl (C=O) groups excluding carboxylic acids is 1. The summed E-state index contributed by atoms with van der Waals surface area (Å²) in [6, 6.07) is 5.91. The van der Waals surface area contributed by atoms with Crippen LogP contribution in [0.15, 0.2) is 18.2 Å². The van der Waals surface area contributed by atoms with Crippen molar-refractivity contribution in [2.24, 2.45) is 5.92 Å². The van der Waals surface area contributed by atoms with Crippen molar-refractivity contribution < 1.29 is 14.3 Å². The molecule has 0 heterocycles. The molecule has 0 aliphatic heterocycles. The molecule has 0 aliphatic rings. The summed E-state index contributed by atoms with van der Waals surface area (Å²) in [7, 11) is 5.21. The number of nitrogens with zero attached hydrogens (tertiary/aromatic N) is 1. The van der Waals surface area contributed by atoms with Gasteiger partial charge in [-0.2, -0.15) is 0 Å². The summed E-state index contributed by atoms with van der Waals surface area (Å²) in [6.45, 7) is 6.12. The standard InChI is InChI=1S/C17H28N2O3/c1-13(2)11-18-17(20)12-19(3)9-8-14-6-7-15(21-4)16(10-14)22-5/h6-7,10,13H,8-9,11-12H2,1-5H3,(H,18,20). The van der Waals surface area contributed by atoms with E-state index in [2.05, 4.69) is 19.2 Å². The topological polar surface area (TPSA) is 50.8 Å². The van der Waals surface area contributed by atoms with Crippen LogP contribution in [-0.2, 0) is 11.2 Å². The van der Waals surface area contributed by atoms with Gasteiger partial charge in [-0.1, -0.05) is 19.9 Å². The molecule has 0 fully saturated rings. The molecule has 124 valence electrons. The molecule has 0 radical (unpaired) electrons. The molecule has 1 aromatic rings. The Labute approximate surface area is 133 Å². The average Bonchev–Trinajstić information content (AvgIpc) is 2.50. The second-order valence-electron chi connectivity index (χ2n) is 5.88. The molecule has 0 atom stereocenters. The van der Waals surface area contributed by atoms with E-state index >= 15 is 0 Å². The number of likely N-dealkylation sites (N-methyl/N-ethyl adjacent to an activating group) is 1. The Balaban J connectivity index is 2.43. The highest BCUT2D eigenvalue weighted by Crippen LogP contribution is 2.27. The summed E-state index contributed by atoms with van der Waals surface area (Å²) in [5.41, 5.74) is 1.16. The predicted molar refractivity (Wildman–Crippen MR) is 88.6 cm³/mol. The number of ether oxygens (including phenoxy) is 2. The maximum atomic E-state index is 11.8. The third-order valence-electron chi connectivity index (χ3n) is 3.35. The number of amides is 1. The van der Waals surface area contributed by atoms with Crippen LogP contribution in [0, 0.1) is 5.92 Å². The van der Waals surface area contributed by atoms with Crippen LogP contribution in [0.25, 0.3) is 0 Å². The third kappa shape index (κ3) is 6.35. The molecule has 5 heteroatoms. The molecule has 0 bridgehead atoms. The van der Waals surface area contributed by atoms with Gasteiger partial charge in [-0.3, -0.25) is 9.69 Å². The van der Waals surface area contributed by atoms with E-state index < -0.39 is 0 Å². The zero-order chi connectivity index (χ0) is 16.5. The highest BCUT2D eigenvalue weighted by Gasteiger charge is 2.08. The van der Waals surface area contributed by atoms with E-state index in [9.17, 15) is 4.79 Å². The Bertz CT molecular complexity index is 475. The van der Waals surface area contributed by atoms with Gasteiger partial charge in [0.1, 0.15) is 0 Å². The largest absolute Gasteiger partial charge is 0.493 e. The van der Waals surface area contributed by atoms with Gasteiger partial charge in [-0.25, -0.2) is 0 Å². The monoisotopic (exact) mass is 308 g/mol. The minimum Gasteiger partial charge on any atom is -0.493 e. The quantitative estimate of drug-likeness (QED) is 0.757. The van der Waals surface area contributed by atoms with Crippen molar-refractivity contribution in [3.63, 3.8) is 0 Å². The van der Waals surface area contributed by atoms with Crippen molar-refractivity contribution >= 4 is 5.91 Å². The Morgan fingerprint density at radius 2 is 1.91 bits per heavy atom. The lowest BCUT2D eigenvalue weighted by Gasteiger charge is -2.17. The molecule has 0 saturated carbocycles. The van der Waals surface area contributed by atoms with E-state index in [1.165, 1.54) is 0 Å². The van der Waals surface area contributed by atoms with E-state index in [4.69, 9.17) is 9.47 Å². The lowest BCUT2D eigenvalue weighted by molar-refractivity contribution is -0.122. The van der Waals surface area contributed by atoms with Crippen LogP contribution in [0.3, 0.4) is 0 Å². The first kappa shape index (κ1) is 18.3. The maximum absolute atomic E-state index is 11.8. The van der Waals surface area contributed by atoms with Crippen LogP contribution in [0.4, 0.5) is 0 Å². The van der Waals surface area contributed by atoms with Crippen molar-refractivity contribution in [1.29, 1.82) is 0 Å². The molecule has 5 nitrogen and oxygen atoms in total. The lowest BCUT2D eigenvalue weighted by atomic mass is 10.1. The molecule has 0 saturated heterocycles. The number of carbonyl (C=O) groups is 1. The molecule has 22 heavy (non-hydrogen) atoms. The SMILES string of the molecule is COc1ccc(CCN(C)CC(=O)NCC(C)C)cc1OC. The van der Waals surface area contributed by atoms with Gasteiger partial charge in [0.2, 0.25) is 5.91 Å². The number of benzene rings is 1. The molecule has 0 unspecified atom stereocenters. The minimum atomic E-state index is 0.0727. The van der Waals surface area contributed by atoms with E-state index in [0.29, 0.717) is 12.5 Å². The first-order valence-corrected chi connectivity index (χ1v) is 7.62. The smallest absolute Gasteiger partial charge is 0.234 e. The number of hydrogen-bond acceptors (Lipinski definition) is 4. The molecular formula is C17H28N2O3. The Morgan fingerprint density at radius 1 is 1.23 bits per heavy atom. The van der Waals surface area contributed by atoms with Crippen LogP contribution in [-0.4, -0.2) is 51.7 Å². The van der Waals surface area contributed by atoms with Gasteiger partial charge in [0, 0.05) is 13.1 Å². The molecule has 0 aliphatic carbocycles. The van der Waals surface area contributed by atoms with Crippen LogP contribution in [0.5, 0.6) is 11.5 Å². The van der Waals surface area contributed by atoms with Gasteiger partial charge in [-0.05, 0) is 37.1 Å². The molecule has 1 amide bonds. The van der Waals surface area contributed by atoms with Crippen molar-refractivity contribution in [3.05, 3.63) is 23.8 Å². The van der Waals surface area contributed by atoms with Gasteiger partial charge in [-0.15, -0.1) is 0 Å². The first-order valence-electron chi connectivity index (χ1n) is 7.62. The normalized spacial score (nSPS) is 10.9. The molecule has 1 N–H and O–H groups in total. The van der Waals surface area contributed by atoms with Gasteiger partial charge in [0.05, 0.1) is 20.8 Å². The molecular weight excluding hydrogens is 280 g/mol. The van der Waals surface area contributed by atoms with Crippen LogP contribution in [0.1, 0.15) is 19.4 Å². The zero-order valence-electron chi connectivity index (χ0n) is 14.3. The van der Waals surface area contributed by atoms with Crippen LogP contribution in [0.2, 0.25) is 0 Å². The Morgan fingerprint density at radius 3 is 2.50 bits per heavy atom. The first-order chi connectivity index (χ1) is 10.5. The van der Waals surface area contributed by atoms with Crippen molar-refractivity contribution in [2.45, 2.75) is 20.3 Å². The summed E-state index contributed by atoms with van der Waals surface area (Å²) >= 11 is 0. The highest BCUT2D eigenvalue weighted by molar-refractivity contribution is 5.77. The molecule has 1 aromatic carbocycles. The van der Waals surface area contributed by atoms with Gasteiger partial charge < -0.3 is 14.8 Å². The zero-order valence-corrected chi connectivity index (χ0v) is 14.3. The maximum Gasteiger partial charge on any atom is 0.234 e. The number of nitrogens with one attached hydrogen (secondary N) is 1. The van der Waals surface area contributed by atoms with Crippen molar-refractivity contribution in [1.82, 2.24) is 10.2 Å². The molecule has 0 aromatic heterocycles. The van der Waals surface area contributed by atoms with Gasteiger partial charge in [0.15, 0.2) is 11.5 Å². The summed E-state index contributed by atoms with van der Waals surface area (Å²) in [6.07, 6.45) is 0.855. The number of hydrogen-bond donors (Lipinski definition) is 1. The summed E-state index contributed by atoms with van der Waals surface area (Å²) < 4.78 is 10.5. The van der Waals surface area contributed by atoms with E-state index in [-0.39, 0.29) is 5.91 Å². The average molecular weight is 308 g/mol. The van der Waals surface area contributed by atoms with Crippen molar-refractivity contribution in [3.8, 4) is 11.5 Å². The second-order valence-corrected chi connectivity index (χ2v) is 5.88. The Hall–Kier alpha value is -1.75. The van der Waals surface area contributed by atoms with Crippen molar-refractivity contribution in [2.75, 3.05) is 40.9 Å². The summed E-state index contributed by atoms with van der Waals surface area (Å²) in [4.78, 5) is 13.8. The molecule has 1 rings (SSSR count). The highest BCUT2D eigenvalue weighted by atomic mass is 16.5. The fourth-order valence-electron chi connectivity index (χ4n) is 2.05. The second kappa shape index (κ2) is 9.30. The summed E-state index contributed by atoms with van der Waals surface area (Å²) in [5.74, 6) is 2.01. The lowest BCUT2D eigenvalue weighted by Crippen LogP contribution is -2.37. The van der Waals surface area contributed by atoms with Gasteiger partial charge >= 0.3 is 0 Å².